The predicted octanol–water partition coefficient (Wildman–Crippen LogP) is -0.342. The molecule has 0 bridgehead atoms. The molecule has 0 amide bonds. The first-order chi connectivity index (χ1) is 4.34. The van der Waals surface area contributed by atoms with E-state index in [9.17, 15) is 4.79 Å². The zero-order valence-corrected chi connectivity index (χ0v) is 5.11. The zero-order chi connectivity index (χ0) is 6.69. The SMILES string of the molecule is CCn1nccnc1=O. The lowest BCUT2D eigenvalue weighted by Gasteiger charge is -1.93. The highest BCUT2D eigenvalue weighted by atomic mass is 16.1. The lowest BCUT2D eigenvalue weighted by Crippen LogP contribution is -2.23. The molecule has 48 valence electrons. The molecule has 0 N–H and O–H groups in total. The number of aromatic nitrogens is 3. The van der Waals surface area contributed by atoms with Crippen LogP contribution in [0.15, 0.2) is 17.2 Å². The maximum absolute atomic E-state index is 10.6. The van der Waals surface area contributed by atoms with Crippen molar-refractivity contribution in [3.63, 3.8) is 0 Å². The van der Waals surface area contributed by atoms with Crippen LogP contribution in [-0.2, 0) is 6.54 Å². The Morgan fingerprint density at radius 3 is 2.89 bits per heavy atom. The van der Waals surface area contributed by atoms with Crippen molar-refractivity contribution in [2.75, 3.05) is 0 Å². The van der Waals surface area contributed by atoms with E-state index in [-0.39, 0.29) is 5.69 Å². The van der Waals surface area contributed by atoms with Gasteiger partial charge in [0.25, 0.3) is 0 Å². The summed E-state index contributed by atoms with van der Waals surface area (Å²) in [4.78, 5) is 14.1. The van der Waals surface area contributed by atoms with Gasteiger partial charge in [0.15, 0.2) is 0 Å². The summed E-state index contributed by atoms with van der Waals surface area (Å²) in [5, 5.41) is 3.74. The summed E-state index contributed by atoms with van der Waals surface area (Å²) in [7, 11) is 0. The quantitative estimate of drug-likeness (QED) is 0.515. The normalized spacial score (nSPS) is 9.44. The van der Waals surface area contributed by atoms with Crippen molar-refractivity contribution >= 4 is 0 Å². The Morgan fingerprint density at radius 2 is 2.44 bits per heavy atom. The van der Waals surface area contributed by atoms with Crippen molar-refractivity contribution in [3.05, 3.63) is 22.9 Å². The topological polar surface area (TPSA) is 47.8 Å². The second-order valence-electron chi connectivity index (χ2n) is 1.54. The van der Waals surface area contributed by atoms with Crippen LogP contribution in [0.2, 0.25) is 0 Å². The van der Waals surface area contributed by atoms with Gasteiger partial charge in [-0.15, -0.1) is 0 Å². The van der Waals surface area contributed by atoms with Crippen LogP contribution in [0, 0.1) is 0 Å². The molecule has 1 aromatic rings. The summed E-state index contributed by atoms with van der Waals surface area (Å²) in [5.74, 6) is 0. The van der Waals surface area contributed by atoms with Gasteiger partial charge >= 0.3 is 5.69 Å². The number of hydrogen-bond acceptors (Lipinski definition) is 3. The van der Waals surface area contributed by atoms with Gasteiger partial charge in [0.2, 0.25) is 0 Å². The summed E-state index contributed by atoms with van der Waals surface area (Å²) in [6, 6.07) is 0. The molecule has 4 nitrogen and oxygen atoms in total. The molecule has 0 aliphatic rings. The molecule has 0 radical (unpaired) electrons. The largest absolute Gasteiger partial charge is 0.363 e. The molecule has 1 aromatic heterocycles. The number of rotatable bonds is 1. The molecular weight excluding hydrogens is 118 g/mol. The Balaban J connectivity index is 3.16. The van der Waals surface area contributed by atoms with Crippen LogP contribution < -0.4 is 5.69 Å². The minimum absolute atomic E-state index is 0.292. The third-order valence-electron chi connectivity index (χ3n) is 0.978. The van der Waals surface area contributed by atoms with Crippen LogP contribution in [0.5, 0.6) is 0 Å². The molecule has 0 aliphatic carbocycles. The van der Waals surface area contributed by atoms with E-state index in [2.05, 4.69) is 10.1 Å². The lowest BCUT2D eigenvalue weighted by molar-refractivity contribution is 0.592. The minimum Gasteiger partial charge on any atom is -0.244 e. The van der Waals surface area contributed by atoms with Gasteiger partial charge in [0, 0.05) is 6.54 Å². The Bertz CT molecular complexity index is 242. The van der Waals surface area contributed by atoms with Crippen LogP contribution in [0.4, 0.5) is 0 Å². The fraction of sp³-hybridized carbons (Fsp3) is 0.400. The van der Waals surface area contributed by atoms with Crippen LogP contribution in [0.1, 0.15) is 6.92 Å². The minimum atomic E-state index is -0.292. The Hall–Kier alpha value is -1.19. The van der Waals surface area contributed by atoms with E-state index in [1.54, 1.807) is 0 Å². The van der Waals surface area contributed by atoms with E-state index >= 15 is 0 Å². The van der Waals surface area contributed by atoms with Crippen molar-refractivity contribution in [1.29, 1.82) is 0 Å². The molecule has 1 rings (SSSR count). The molecule has 0 aromatic carbocycles. The molecule has 9 heavy (non-hydrogen) atoms. The molecule has 0 saturated carbocycles. The van der Waals surface area contributed by atoms with Gasteiger partial charge in [-0.05, 0) is 6.92 Å². The van der Waals surface area contributed by atoms with Gasteiger partial charge in [-0.3, -0.25) is 0 Å². The zero-order valence-electron chi connectivity index (χ0n) is 5.11. The number of nitrogens with zero attached hydrogens (tertiary/aromatic N) is 3. The highest BCUT2D eigenvalue weighted by Gasteiger charge is 1.88. The van der Waals surface area contributed by atoms with Crippen LogP contribution >= 0.6 is 0 Å². The molecule has 0 atom stereocenters. The molecule has 0 spiro atoms. The van der Waals surface area contributed by atoms with Crippen molar-refractivity contribution in [2.24, 2.45) is 0 Å². The van der Waals surface area contributed by atoms with Gasteiger partial charge < -0.3 is 0 Å². The highest BCUT2D eigenvalue weighted by molar-refractivity contribution is 4.65. The molecule has 0 aliphatic heterocycles. The van der Waals surface area contributed by atoms with E-state index in [0.717, 1.165) is 0 Å². The molecule has 4 heteroatoms. The van der Waals surface area contributed by atoms with Crippen molar-refractivity contribution in [3.8, 4) is 0 Å². The second kappa shape index (κ2) is 2.39. The molecule has 0 saturated heterocycles. The third kappa shape index (κ3) is 1.13. The maximum Gasteiger partial charge on any atom is 0.363 e. The second-order valence-corrected chi connectivity index (χ2v) is 1.54. The van der Waals surface area contributed by atoms with Crippen molar-refractivity contribution in [2.45, 2.75) is 13.5 Å². The van der Waals surface area contributed by atoms with Gasteiger partial charge in [-0.2, -0.15) is 10.1 Å². The monoisotopic (exact) mass is 125 g/mol. The van der Waals surface area contributed by atoms with Gasteiger partial charge in [-0.25, -0.2) is 9.48 Å². The summed E-state index contributed by atoms with van der Waals surface area (Å²) in [6.07, 6.45) is 2.87. The first kappa shape index (κ1) is 5.94. The fourth-order valence-corrected chi connectivity index (χ4v) is 0.540. The smallest absolute Gasteiger partial charge is 0.244 e. The number of hydrogen-bond donors (Lipinski definition) is 0. The average molecular weight is 125 g/mol. The fourth-order valence-electron chi connectivity index (χ4n) is 0.540. The Kier molecular flexibility index (Phi) is 1.58. The standard InChI is InChI=1S/C5H7N3O/c1-2-8-5(9)6-3-4-7-8/h3-4H,2H2,1H3. The predicted molar refractivity (Wildman–Crippen MR) is 32.0 cm³/mol. The van der Waals surface area contributed by atoms with Crippen LogP contribution in [-0.4, -0.2) is 14.8 Å². The lowest BCUT2D eigenvalue weighted by atomic mass is 10.7. The van der Waals surface area contributed by atoms with E-state index in [1.807, 2.05) is 6.92 Å². The van der Waals surface area contributed by atoms with Gasteiger partial charge in [-0.1, -0.05) is 0 Å². The molecule has 1 heterocycles. The van der Waals surface area contributed by atoms with Crippen molar-refractivity contribution < 1.29 is 0 Å². The third-order valence-corrected chi connectivity index (χ3v) is 0.978. The van der Waals surface area contributed by atoms with Crippen molar-refractivity contribution in [1.82, 2.24) is 14.8 Å². The first-order valence-corrected chi connectivity index (χ1v) is 2.72. The van der Waals surface area contributed by atoms with E-state index < -0.39 is 0 Å². The Labute approximate surface area is 52.2 Å². The summed E-state index contributed by atoms with van der Waals surface area (Å²) in [6.45, 7) is 2.42. The molecule has 0 unspecified atom stereocenters. The summed E-state index contributed by atoms with van der Waals surface area (Å²) >= 11 is 0. The van der Waals surface area contributed by atoms with Gasteiger partial charge in [0.05, 0.1) is 12.4 Å². The average Bonchev–Trinajstić information content (AvgIpc) is 1.89. The highest BCUT2D eigenvalue weighted by Crippen LogP contribution is 1.68. The molecule has 0 fully saturated rings. The van der Waals surface area contributed by atoms with E-state index in [0.29, 0.717) is 6.54 Å². The Morgan fingerprint density at radius 1 is 1.67 bits per heavy atom. The number of aryl methyl sites for hydroxylation is 1. The van der Waals surface area contributed by atoms with Gasteiger partial charge in [0.1, 0.15) is 0 Å². The first-order valence-electron chi connectivity index (χ1n) is 2.72. The summed E-state index contributed by atoms with van der Waals surface area (Å²) in [5.41, 5.74) is -0.292. The molecular formula is C5H7N3O. The summed E-state index contributed by atoms with van der Waals surface area (Å²) < 4.78 is 1.29. The van der Waals surface area contributed by atoms with Crippen LogP contribution in [0.25, 0.3) is 0 Å². The van der Waals surface area contributed by atoms with E-state index in [4.69, 9.17) is 0 Å². The van der Waals surface area contributed by atoms with Crippen LogP contribution in [0.3, 0.4) is 0 Å². The maximum atomic E-state index is 10.6. The van der Waals surface area contributed by atoms with E-state index in [1.165, 1.54) is 17.1 Å².